The van der Waals surface area contributed by atoms with Crippen molar-refractivity contribution in [2.24, 2.45) is 5.92 Å². The van der Waals surface area contributed by atoms with Crippen molar-refractivity contribution in [3.05, 3.63) is 65.3 Å². The lowest BCUT2D eigenvalue weighted by Crippen LogP contribution is -2.48. The van der Waals surface area contributed by atoms with E-state index in [-0.39, 0.29) is 23.9 Å². The van der Waals surface area contributed by atoms with Crippen molar-refractivity contribution in [1.82, 2.24) is 5.32 Å². The number of benzene rings is 1. The quantitative estimate of drug-likeness (QED) is 0.675. The van der Waals surface area contributed by atoms with Gasteiger partial charge in [-0.3, -0.25) is 4.79 Å². The average Bonchev–Trinajstić information content (AvgIpc) is 2.54. The predicted molar refractivity (Wildman–Crippen MR) is 89.1 cm³/mol. The smallest absolute Gasteiger partial charge is 0.191 e. The molecule has 1 aromatic carbocycles. The number of fused-ring (bicyclic) bond motifs is 1. The van der Waals surface area contributed by atoms with Crippen molar-refractivity contribution in [2.75, 3.05) is 7.11 Å². The molecule has 1 atom stereocenters. The molecule has 1 aliphatic carbocycles. The van der Waals surface area contributed by atoms with Gasteiger partial charge in [0.15, 0.2) is 11.5 Å². The van der Waals surface area contributed by atoms with Crippen molar-refractivity contribution in [3.63, 3.8) is 0 Å². The molecule has 0 saturated carbocycles. The van der Waals surface area contributed by atoms with E-state index in [2.05, 4.69) is 5.32 Å². The molecule has 1 unspecified atom stereocenters. The zero-order valence-corrected chi connectivity index (χ0v) is 13.9. The van der Waals surface area contributed by atoms with Gasteiger partial charge >= 0.3 is 0 Å². The van der Waals surface area contributed by atoms with Crippen LogP contribution in [0, 0.1) is 5.92 Å². The summed E-state index contributed by atoms with van der Waals surface area (Å²) in [5, 5.41) is 3.19. The van der Waals surface area contributed by atoms with Crippen LogP contribution in [0.5, 0.6) is 5.75 Å². The van der Waals surface area contributed by atoms with E-state index < -0.39 is 5.72 Å². The Kier molecular flexibility index (Phi) is 4.18. The Morgan fingerprint density at radius 2 is 2.12 bits per heavy atom. The topological polar surface area (TPSA) is 47.6 Å². The summed E-state index contributed by atoms with van der Waals surface area (Å²) in [7, 11) is 1.53. The van der Waals surface area contributed by atoms with Gasteiger partial charge in [0, 0.05) is 18.2 Å². The lowest BCUT2D eigenvalue weighted by Gasteiger charge is -2.41. The van der Waals surface area contributed by atoms with E-state index in [1.807, 2.05) is 13.8 Å². The van der Waals surface area contributed by atoms with Crippen LogP contribution in [0.25, 0.3) is 0 Å². The highest BCUT2D eigenvalue weighted by Crippen LogP contribution is 2.38. The Bertz CT molecular complexity index is 762. The normalized spacial score (nSPS) is 23.3. The number of nitrogens with one attached hydrogen (secondary N) is 1. The fourth-order valence-corrected chi connectivity index (χ4v) is 2.98. The molecule has 24 heavy (non-hydrogen) atoms. The Morgan fingerprint density at radius 3 is 2.88 bits per heavy atom. The van der Waals surface area contributed by atoms with Crippen LogP contribution < -0.4 is 10.1 Å². The first kappa shape index (κ1) is 16.3. The summed E-state index contributed by atoms with van der Waals surface area (Å²) in [5.74, 6) is 0.434. The fourth-order valence-electron chi connectivity index (χ4n) is 2.98. The number of rotatable bonds is 3. The van der Waals surface area contributed by atoms with Crippen LogP contribution in [0.4, 0.5) is 4.39 Å². The highest BCUT2D eigenvalue weighted by molar-refractivity contribution is 6.07. The molecule has 1 aliphatic heterocycles. The van der Waals surface area contributed by atoms with E-state index in [0.717, 1.165) is 0 Å². The van der Waals surface area contributed by atoms with Crippen LogP contribution in [0.1, 0.15) is 30.6 Å². The summed E-state index contributed by atoms with van der Waals surface area (Å²) in [6.45, 7) is 3.72. The standard InChI is InChI=1S/C19H20FNO3/c1-19(2)21-15(14-10-12(20)8-9-18(14)24-19)11-16(22)13-6-4-5-7-17(13)23-3/h4-9,11,14,21H,10H2,1-3H3/b15-11-. The van der Waals surface area contributed by atoms with E-state index in [9.17, 15) is 9.18 Å². The van der Waals surface area contributed by atoms with Gasteiger partial charge in [0.2, 0.25) is 0 Å². The summed E-state index contributed by atoms with van der Waals surface area (Å²) in [6, 6.07) is 7.03. The molecule has 0 spiro atoms. The maximum absolute atomic E-state index is 13.7. The molecule has 0 aromatic heterocycles. The lowest BCUT2D eigenvalue weighted by molar-refractivity contribution is -0.0256. The summed E-state index contributed by atoms with van der Waals surface area (Å²) < 4.78 is 24.8. The Hall–Kier alpha value is -2.56. The largest absolute Gasteiger partial charge is 0.496 e. The summed E-state index contributed by atoms with van der Waals surface area (Å²) in [5.41, 5.74) is 0.448. The Balaban J connectivity index is 1.97. The van der Waals surface area contributed by atoms with Gasteiger partial charge in [-0.15, -0.1) is 0 Å². The Labute approximate surface area is 140 Å². The van der Waals surface area contributed by atoms with Gasteiger partial charge in [-0.05, 0) is 38.1 Å². The second-order valence-electron chi connectivity index (χ2n) is 6.34. The molecule has 0 radical (unpaired) electrons. The molecule has 4 nitrogen and oxygen atoms in total. The first-order valence-electron chi connectivity index (χ1n) is 7.82. The minimum Gasteiger partial charge on any atom is -0.496 e. The fraction of sp³-hybridized carbons (Fsp3) is 0.316. The lowest BCUT2D eigenvalue weighted by atomic mass is 9.90. The van der Waals surface area contributed by atoms with Gasteiger partial charge in [0.05, 0.1) is 18.6 Å². The van der Waals surface area contributed by atoms with Crippen molar-refractivity contribution in [3.8, 4) is 5.75 Å². The maximum Gasteiger partial charge on any atom is 0.191 e. The zero-order valence-electron chi connectivity index (χ0n) is 13.9. The van der Waals surface area contributed by atoms with Crippen LogP contribution >= 0.6 is 0 Å². The van der Waals surface area contributed by atoms with Crippen molar-refractivity contribution >= 4 is 5.78 Å². The number of allylic oxidation sites excluding steroid dienone is 4. The molecule has 3 rings (SSSR count). The molecule has 2 aliphatic rings. The maximum atomic E-state index is 13.7. The molecule has 5 heteroatoms. The molecule has 0 bridgehead atoms. The van der Waals surface area contributed by atoms with Crippen LogP contribution in [0.3, 0.4) is 0 Å². The van der Waals surface area contributed by atoms with Crippen LogP contribution in [0.15, 0.2) is 59.8 Å². The van der Waals surface area contributed by atoms with Gasteiger partial charge in [-0.1, -0.05) is 12.1 Å². The number of carbonyl (C=O) groups is 1. The van der Waals surface area contributed by atoms with E-state index in [1.165, 1.54) is 19.3 Å². The minimum absolute atomic E-state index is 0.181. The number of hydrogen-bond donors (Lipinski definition) is 1. The van der Waals surface area contributed by atoms with Gasteiger partial charge in [0.25, 0.3) is 0 Å². The van der Waals surface area contributed by atoms with E-state index >= 15 is 0 Å². The summed E-state index contributed by atoms with van der Waals surface area (Å²) in [4.78, 5) is 12.7. The monoisotopic (exact) mass is 329 g/mol. The first-order chi connectivity index (χ1) is 11.4. The SMILES string of the molecule is COc1ccccc1C(=O)/C=C1\NC(C)(C)OC2=CC=C(F)CC21. The first-order valence-corrected chi connectivity index (χ1v) is 7.82. The van der Waals surface area contributed by atoms with Crippen LogP contribution in [-0.2, 0) is 4.74 Å². The number of methoxy groups -OCH3 is 1. The highest BCUT2D eigenvalue weighted by atomic mass is 19.1. The second-order valence-corrected chi connectivity index (χ2v) is 6.34. The van der Waals surface area contributed by atoms with Gasteiger partial charge in [-0.25, -0.2) is 4.39 Å². The van der Waals surface area contributed by atoms with Crippen molar-refractivity contribution in [1.29, 1.82) is 0 Å². The molecular formula is C19H20FNO3. The number of carbonyl (C=O) groups excluding carboxylic acids is 1. The molecule has 126 valence electrons. The minimum atomic E-state index is -0.670. The molecule has 1 N–H and O–H groups in total. The third kappa shape index (κ3) is 3.20. The molecule has 1 saturated heterocycles. The molecule has 1 aromatic rings. The number of hydrogen-bond acceptors (Lipinski definition) is 4. The third-order valence-corrected chi connectivity index (χ3v) is 4.02. The molecule has 0 amide bonds. The summed E-state index contributed by atoms with van der Waals surface area (Å²) in [6.07, 6.45) is 4.74. The van der Waals surface area contributed by atoms with Crippen LogP contribution in [0.2, 0.25) is 0 Å². The second kappa shape index (κ2) is 6.15. The molecular weight excluding hydrogens is 309 g/mol. The number of halogens is 1. The zero-order chi connectivity index (χ0) is 17.3. The average molecular weight is 329 g/mol. The van der Waals surface area contributed by atoms with Crippen LogP contribution in [-0.4, -0.2) is 18.6 Å². The van der Waals surface area contributed by atoms with Crippen molar-refractivity contribution in [2.45, 2.75) is 26.0 Å². The van der Waals surface area contributed by atoms with E-state index in [1.54, 1.807) is 30.3 Å². The number of para-hydroxylation sites is 1. The van der Waals surface area contributed by atoms with E-state index in [0.29, 0.717) is 22.8 Å². The predicted octanol–water partition coefficient (Wildman–Crippen LogP) is 3.87. The third-order valence-electron chi connectivity index (χ3n) is 4.02. The molecule has 1 fully saturated rings. The van der Waals surface area contributed by atoms with Gasteiger partial charge in [0.1, 0.15) is 17.3 Å². The number of ether oxygens (including phenoxy) is 2. The number of ketones is 1. The Morgan fingerprint density at radius 1 is 1.38 bits per heavy atom. The molecule has 1 heterocycles. The highest BCUT2D eigenvalue weighted by Gasteiger charge is 2.37. The summed E-state index contributed by atoms with van der Waals surface area (Å²) >= 11 is 0. The van der Waals surface area contributed by atoms with Crippen molar-refractivity contribution < 1.29 is 18.7 Å². The van der Waals surface area contributed by atoms with Gasteiger partial charge < -0.3 is 14.8 Å². The van der Waals surface area contributed by atoms with Gasteiger partial charge in [-0.2, -0.15) is 0 Å². The van der Waals surface area contributed by atoms with E-state index in [4.69, 9.17) is 9.47 Å².